The molecular formula is C77H81N15O4. The second-order valence-corrected chi connectivity index (χ2v) is 25.7. The van der Waals surface area contributed by atoms with E-state index in [-0.39, 0.29) is 22.6 Å². The molecule has 1 aliphatic carbocycles. The van der Waals surface area contributed by atoms with Gasteiger partial charge in [-0.15, -0.1) is 0 Å². The van der Waals surface area contributed by atoms with Gasteiger partial charge in [0, 0.05) is 132 Å². The van der Waals surface area contributed by atoms with Gasteiger partial charge in [0.25, 0.3) is 5.91 Å². The predicted molar refractivity (Wildman–Crippen MR) is 383 cm³/mol. The largest absolute Gasteiger partial charge is 0.378 e. The van der Waals surface area contributed by atoms with E-state index in [1.165, 1.54) is 61.3 Å². The van der Waals surface area contributed by atoms with Gasteiger partial charge in [-0.3, -0.25) is 23.2 Å². The molecule has 96 heavy (non-hydrogen) atoms. The number of morpholine rings is 1. The van der Waals surface area contributed by atoms with Gasteiger partial charge in [-0.25, -0.2) is 15.0 Å². The van der Waals surface area contributed by atoms with Gasteiger partial charge in [-0.1, -0.05) is 48.0 Å². The standard InChI is InChI=1S/C29H25N5O2.C26H35N5.C22H21N5O2/c1-19-2-6-22(7-3-19)29(13-14-29)33-28(36)20-4-8-23(9-5-20)32-24-10-11-25(34-17-16-31-27(24)34)21-12-15-30-26(35)18-21;1-19(2)30-16-11-21(12-17-30)20-3-5-23(6-4-20)29-24-7-8-25(22-9-13-27-14-10-22)31-18-15-28-26(24)31;28-21-14-16(6-7-23-21)20-5-4-19(22-24-8-9-27(20)22)25-17-2-1-3-18(15-17)26-10-12-29-13-11-26/h2-12,15-18,32H,13-14H2,1H3,(H,30,35)(H,33,36);3-8,15,18-19,21-22,27,29H,9-14,16-17H2,1-2H3;1-9,14-15,25H,10-13H2,(H,23,28). The Bertz CT molecular complexity index is 4780. The summed E-state index contributed by atoms with van der Waals surface area (Å²) >= 11 is 0. The molecule has 12 aromatic rings. The maximum atomic E-state index is 13.0. The van der Waals surface area contributed by atoms with Gasteiger partial charge in [0.05, 0.1) is 47.2 Å². The number of pyridine rings is 5. The summed E-state index contributed by atoms with van der Waals surface area (Å²) in [5.74, 6) is 1.22. The molecular weight excluding hydrogens is 1200 g/mol. The van der Waals surface area contributed by atoms with Crippen molar-refractivity contribution >= 4 is 62.7 Å². The molecule has 488 valence electrons. The zero-order chi connectivity index (χ0) is 65.5. The lowest BCUT2D eigenvalue weighted by atomic mass is 9.89. The van der Waals surface area contributed by atoms with E-state index in [2.05, 4.69) is 172 Å². The summed E-state index contributed by atoms with van der Waals surface area (Å²) in [5, 5.41) is 17.2. The molecule has 7 N–H and O–H groups in total. The molecule has 19 heteroatoms. The molecule has 4 aromatic carbocycles. The van der Waals surface area contributed by atoms with E-state index >= 15 is 0 Å². The highest BCUT2D eigenvalue weighted by Crippen LogP contribution is 2.46. The van der Waals surface area contributed by atoms with E-state index in [9.17, 15) is 14.4 Å². The number of likely N-dealkylation sites (tertiary alicyclic amines) is 1. The number of benzene rings is 4. The van der Waals surface area contributed by atoms with Crippen molar-refractivity contribution in [2.45, 2.75) is 82.7 Å². The van der Waals surface area contributed by atoms with Gasteiger partial charge in [-0.05, 0) is 206 Å². The smallest absolute Gasteiger partial charge is 0.251 e. The van der Waals surface area contributed by atoms with Crippen LogP contribution in [0, 0.1) is 6.92 Å². The van der Waals surface area contributed by atoms with Gasteiger partial charge in [0.1, 0.15) is 0 Å². The van der Waals surface area contributed by atoms with Crippen LogP contribution in [-0.2, 0) is 10.3 Å². The molecule has 0 radical (unpaired) electrons. The van der Waals surface area contributed by atoms with Crippen LogP contribution in [0.1, 0.15) is 97.0 Å². The van der Waals surface area contributed by atoms with Crippen LogP contribution in [0.3, 0.4) is 0 Å². The topological polar surface area (TPSA) is 211 Å². The molecule has 1 saturated carbocycles. The summed E-state index contributed by atoms with van der Waals surface area (Å²) in [5.41, 5.74) is 18.3. The second kappa shape index (κ2) is 28.2. The fraction of sp³-hybridized carbons (Fsp3) is 0.273. The van der Waals surface area contributed by atoms with Crippen LogP contribution >= 0.6 is 0 Å². The first-order valence-corrected chi connectivity index (χ1v) is 33.5. The van der Waals surface area contributed by atoms with Crippen molar-refractivity contribution in [3.8, 4) is 22.5 Å². The van der Waals surface area contributed by atoms with E-state index in [1.54, 1.807) is 36.9 Å². The van der Waals surface area contributed by atoms with Crippen LogP contribution in [-0.4, -0.2) is 107 Å². The molecule has 11 heterocycles. The number of aromatic nitrogens is 8. The number of piperidine rings is 2. The average molecular weight is 1280 g/mol. The van der Waals surface area contributed by atoms with Crippen molar-refractivity contribution in [3.63, 3.8) is 0 Å². The average Bonchev–Trinajstić information content (AvgIpc) is 1.57. The Morgan fingerprint density at radius 2 is 1.10 bits per heavy atom. The Hall–Kier alpha value is -10.6. The van der Waals surface area contributed by atoms with E-state index in [4.69, 9.17) is 4.74 Å². The molecule has 8 aromatic heterocycles. The Labute approximate surface area is 557 Å². The molecule has 0 bridgehead atoms. The molecule has 0 spiro atoms. The molecule has 3 aliphatic heterocycles. The van der Waals surface area contributed by atoms with Crippen LogP contribution in [0.2, 0.25) is 0 Å². The minimum atomic E-state index is -0.251. The Balaban J connectivity index is 0.000000125. The number of hydrogen-bond acceptors (Lipinski definition) is 13. The van der Waals surface area contributed by atoms with Crippen molar-refractivity contribution in [1.29, 1.82) is 0 Å². The minimum absolute atomic E-state index is 0.0718. The van der Waals surface area contributed by atoms with E-state index in [0.717, 1.165) is 131 Å². The molecule has 16 rings (SSSR count). The monoisotopic (exact) mass is 1280 g/mol. The predicted octanol–water partition coefficient (Wildman–Crippen LogP) is 13.6. The van der Waals surface area contributed by atoms with Crippen molar-refractivity contribution in [2.24, 2.45) is 0 Å². The third kappa shape index (κ3) is 14.1. The van der Waals surface area contributed by atoms with Crippen LogP contribution in [0.5, 0.6) is 0 Å². The fourth-order valence-corrected chi connectivity index (χ4v) is 13.6. The van der Waals surface area contributed by atoms with Crippen LogP contribution in [0.25, 0.3) is 39.5 Å². The van der Waals surface area contributed by atoms with Gasteiger partial charge in [0.15, 0.2) is 16.9 Å². The van der Waals surface area contributed by atoms with Crippen LogP contribution < -0.4 is 42.6 Å². The second-order valence-electron chi connectivity index (χ2n) is 25.7. The number of carbonyl (C=O) groups excluding carboxylic acids is 1. The Kier molecular flexibility index (Phi) is 18.4. The van der Waals surface area contributed by atoms with Crippen molar-refractivity contribution in [1.82, 2.24) is 53.7 Å². The maximum Gasteiger partial charge on any atom is 0.251 e. The highest BCUT2D eigenvalue weighted by Gasteiger charge is 2.45. The number of carbonyl (C=O) groups is 1. The summed E-state index contributed by atoms with van der Waals surface area (Å²) in [6.07, 6.45) is 21.4. The first kappa shape index (κ1) is 62.8. The zero-order valence-electron chi connectivity index (χ0n) is 54.5. The number of hydrogen-bond donors (Lipinski definition) is 7. The number of amides is 1. The van der Waals surface area contributed by atoms with Gasteiger partial charge in [0.2, 0.25) is 11.1 Å². The highest BCUT2D eigenvalue weighted by atomic mass is 16.5. The molecule has 0 unspecified atom stereocenters. The Morgan fingerprint density at radius 3 is 1.67 bits per heavy atom. The number of aromatic amines is 2. The fourth-order valence-electron chi connectivity index (χ4n) is 13.6. The molecule has 19 nitrogen and oxygen atoms in total. The number of aryl methyl sites for hydroxylation is 1. The number of H-pyrrole nitrogens is 2. The Morgan fingerprint density at radius 1 is 0.562 bits per heavy atom. The molecule has 4 fully saturated rings. The summed E-state index contributed by atoms with van der Waals surface area (Å²) in [6, 6.07) is 53.2. The first-order chi connectivity index (χ1) is 47.0. The quantitative estimate of drug-likeness (QED) is 0.0510. The summed E-state index contributed by atoms with van der Waals surface area (Å²) in [4.78, 5) is 60.4. The summed E-state index contributed by atoms with van der Waals surface area (Å²) in [6.45, 7) is 14.6. The molecule has 0 atom stereocenters. The number of imidazole rings is 3. The number of rotatable bonds is 15. The molecule has 1 amide bonds. The number of ether oxygens (including phenoxy) is 1. The van der Waals surface area contributed by atoms with Gasteiger partial charge in [-0.2, -0.15) is 0 Å². The number of nitrogens with zero attached hydrogens (tertiary/aromatic N) is 8. The third-order valence-electron chi connectivity index (χ3n) is 19.1. The number of fused-ring (bicyclic) bond motifs is 3. The highest BCUT2D eigenvalue weighted by molar-refractivity contribution is 5.95. The maximum absolute atomic E-state index is 13.0. The minimum Gasteiger partial charge on any atom is -0.378 e. The lowest BCUT2D eigenvalue weighted by Gasteiger charge is -2.34. The normalized spacial score (nSPS) is 15.8. The zero-order valence-corrected chi connectivity index (χ0v) is 54.5. The van der Waals surface area contributed by atoms with Gasteiger partial charge >= 0.3 is 0 Å². The van der Waals surface area contributed by atoms with E-state index in [1.807, 2.05) is 94.1 Å². The molecule has 3 saturated heterocycles. The summed E-state index contributed by atoms with van der Waals surface area (Å²) in [7, 11) is 0. The van der Waals surface area contributed by atoms with Crippen molar-refractivity contribution in [2.75, 3.05) is 73.3 Å². The SMILES string of the molecule is CC(C)N1CCC(c2ccc(Nc3ccc(C4CCNCC4)n4ccnc34)cc2)CC1.Cc1ccc(C2(NC(=O)c3ccc(Nc4ccc(-c5cc[nH]c(=O)c5)n5ccnc45)cc3)CC2)cc1.O=c1cc(-c2ccc(Nc3cccc(N4CCOCC4)c3)c3nccn23)cc[nH]1. The lowest BCUT2D eigenvalue weighted by molar-refractivity contribution is 0.0930. The van der Waals surface area contributed by atoms with E-state index in [0.29, 0.717) is 23.4 Å². The van der Waals surface area contributed by atoms with Crippen molar-refractivity contribution in [3.05, 3.63) is 256 Å². The first-order valence-electron chi connectivity index (χ1n) is 33.5. The van der Waals surface area contributed by atoms with E-state index < -0.39 is 0 Å². The number of anilines is 7. The number of nitrogens with one attached hydrogen (secondary N) is 7. The molecule has 4 aliphatic rings. The van der Waals surface area contributed by atoms with Gasteiger partial charge < -0.3 is 55.5 Å². The van der Waals surface area contributed by atoms with Crippen LogP contribution in [0.15, 0.2) is 217 Å². The summed E-state index contributed by atoms with van der Waals surface area (Å²) < 4.78 is 11.7. The van der Waals surface area contributed by atoms with Crippen molar-refractivity contribution < 1.29 is 9.53 Å². The van der Waals surface area contributed by atoms with Crippen LogP contribution in [0.4, 0.5) is 39.8 Å². The third-order valence-corrected chi connectivity index (χ3v) is 19.1. The lowest BCUT2D eigenvalue weighted by Crippen LogP contribution is -2.37.